The molecule has 0 saturated carbocycles. The maximum Gasteiger partial charge on any atom is 0.185 e. The minimum Gasteiger partial charge on any atom is -0.496 e. The zero-order valence-corrected chi connectivity index (χ0v) is 13.7. The van der Waals surface area contributed by atoms with Gasteiger partial charge >= 0.3 is 0 Å². The van der Waals surface area contributed by atoms with Crippen molar-refractivity contribution in [3.63, 3.8) is 0 Å². The number of ketones is 1. The molecular weight excluding hydrogens is 351 g/mol. The van der Waals surface area contributed by atoms with E-state index in [-0.39, 0.29) is 17.1 Å². The molecule has 0 fully saturated rings. The number of rotatable bonds is 5. The van der Waals surface area contributed by atoms with Crippen molar-refractivity contribution in [1.82, 2.24) is 0 Å². The minimum atomic E-state index is -0.568. The van der Waals surface area contributed by atoms with Gasteiger partial charge in [-0.05, 0) is 48.6 Å². The summed E-state index contributed by atoms with van der Waals surface area (Å²) in [5.41, 5.74) is 1.00. The van der Waals surface area contributed by atoms with Gasteiger partial charge in [0.1, 0.15) is 5.75 Å². The molecule has 0 aromatic heterocycles. The van der Waals surface area contributed by atoms with E-state index in [4.69, 9.17) is 9.47 Å². The van der Waals surface area contributed by atoms with Crippen LogP contribution in [0.2, 0.25) is 0 Å². The topological polar surface area (TPSA) is 35.5 Å². The fraction of sp³-hybridized carbons (Fsp3) is 0.118. The van der Waals surface area contributed by atoms with Crippen LogP contribution in [-0.2, 0) is 0 Å². The van der Waals surface area contributed by atoms with Gasteiger partial charge in [0.15, 0.2) is 17.3 Å². The number of methoxy groups -OCH3 is 2. The molecule has 2 aromatic rings. The molecule has 0 unspecified atom stereocenters. The first-order valence-electron chi connectivity index (χ1n) is 6.44. The molecule has 0 aliphatic rings. The van der Waals surface area contributed by atoms with Crippen LogP contribution in [0, 0.1) is 5.82 Å². The van der Waals surface area contributed by atoms with Crippen LogP contribution in [0.4, 0.5) is 4.39 Å². The van der Waals surface area contributed by atoms with Crippen LogP contribution in [0.1, 0.15) is 15.9 Å². The van der Waals surface area contributed by atoms with E-state index in [1.807, 2.05) is 12.1 Å². The summed E-state index contributed by atoms with van der Waals surface area (Å²) in [7, 11) is 2.93. The number of benzene rings is 2. The summed E-state index contributed by atoms with van der Waals surface area (Å²) in [4.78, 5) is 12.1. The van der Waals surface area contributed by atoms with E-state index in [2.05, 4.69) is 15.9 Å². The highest BCUT2D eigenvalue weighted by Crippen LogP contribution is 2.24. The van der Waals surface area contributed by atoms with Gasteiger partial charge in [0.25, 0.3) is 0 Å². The highest BCUT2D eigenvalue weighted by atomic mass is 79.9. The molecule has 2 rings (SSSR count). The Morgan fingerprint density at radius 2 is 1.77 bits per heavy atom. The van der Waals surface area contributed by atoms with Gasteiger partial charge in [-0.1, -0.05) is 15.9 Å². The molecule has 22 heavy (non-hydrogen) atoms. The van der Waals surface area contributed by atoms with Crippen molar-refractivity contribution >= 4 is 27.8 Å². The normalized spacial score (nSPS) is 10.7. The number of halogens is 2. The van der Waals surface area contributed by atoms with E-state index in [1.165, 1.54) is 25.3 Å². The molecule has 0 heterocycles. The standard InChI is InChI=1S/C17H14BrFO3/c1-21-16-8-5-13(18)9-12(16)3-6-15(20)11-4-7-17(22-2)14(19)10-11/h3-10H,1-2H3/b6-3+. The Morgan fingerprint density at radius 3 is 2.41 bits per heavy atom. The fourth-order valence-corrected chi connectivity index (χ4v) is 2.30. The molecule has 3 nitrogen and oxygen atoms in total. The van der Waals surface area contributed by atoms with Crippen molar-refractivity contribution in [2.75, 3.05) is 14.2 Å². The van der Waals surface area contributed by atoms with Gasteiger partial charge in [-0.3, -0.25) is 4.79 Å². The van der Waals surface area contributed by atoms with E-state index in [1.54, 1.807) is 19.3 Å². The lowest BCUT2D eigenvalue weighted by atomic mass is 10.1. The summed E-state index contributed by atoms with van der Waals surface area (Å²) in [6.45, 7) is 0. The third-order valence-corrected chi connectivity index (χ3v) is 3.54. The third-order valence-electron chi connectivity index (χ3n) is 3.04. The van der Waals surface area contributed by atoms with Crippen molar-refractivity contribution in [2.24, 2.45) is 0 Å². The second-order valence-electron chi connectivity index (χ2n) is 4.43. The molecule has 0 aliphatic carbocycles. The second-order valence-corrected chi connectivity index (χ2v) is 5.35. The quantitative estimate of drug-likeness (QED) is 0.578. The molecule has 0 bridgehead atoms. The van der Waals surface area contributed by atoms with Gasteiger partial charge in [0.2, 0.25) is 0 Å². The molecule has 5 heteroatoms. The Balaban J connectivity index is 2.25. The number of carbonyl (C=O) groups is 1. The highest BCUT2D eigenvalue weighted by Gasteiger charge is 2.08. The Morgan fingerprint density at radius 1 is 1.09 bits per heavy atom. The minimum absolute atomic E-state index is 0.106. The monoisotopic (exact) mass is 364 g/mol. The molecule has 0 N–H and O–H groups in total. The van der Waals surface area contributed by atoms with Gasteiger partial charge in [-0.15, -0.1) is 0 Å². The van der Waals surface area contributed by atoms with Crippen LogP contribution in [-0.4, -0.2) is 20.0 Å². The summed E-state index contributed by atoms with van der Waals surface area (Å²) in [5, 5.41) is 0. The van der Waals surface area contributed by atoms with Crippen molar-refractivity contribution in [2.45, 2.75) is 0 Å². The lowest BCUT2D eigenvalue weighted by Gasteiger charge is -2.05. The number of hydrogen-bond acceptors (Lipinski definition) is 3. The predicted molar refractivity (Wildman–Crippen MR) is 87.0 cm³/mol. The molecule has 0 amide bonds. The summed E-state index contributed by atoms with van der Waals surface area (Å²) in [6.07, 6.45) is 3.01. The number of hydrogen-bond donors (Lipinski definition) is 0. The van der Waals surface area contributed by atoms with E-state index >= 15 is 0 Å². The Hall–Kier alpha value is -2.14. The summed E-state index contributed by atoms with van der Waals surface area (Å²) in [6, 6.07) is 9.57. The van der Waals surface area contributed by atoms with Gasteiger partial charge in [0, 0.05) is 15.6 Å². The number of carbonyl (C=O) groups excluding carboxylic acids is 1. The largest absolute Gasteiger partial charge is 0.496 e. The van der Waals surface area contributed by atoms with Crippen molar-refractivity contribution in [1.29, 1.82) is 0 Å². The van der Waals surface area contributed by atoms with E-state index in [0.29, 0.717) is 5.75 Å². The number of ether oxygens (including phenoxy) is 2. The molecule has 0 atom stereocenters. The molecule has 0 spiro atoms. The maximum atomic E-state index is 13.6. The van der Waals surface area contributed by atoms with Crippen LogP contribution in [0.25, 0.3) is 6.08 Å². The fourth-order valence-electron chi connectivity index (χ4n) is 1.92. The lowest BCUT2D eigenvalue weighted by Crippen LogP contribution is -1.97. The van der Waals surface area contributed by atoms with Crippen LogP contribution in [0.15, 0.2) is 46.9 Å². The van der Waals surface area contributed by atoms with Crippen molar-refractivity contribution in [3.8, 4) is 11.5 Å². The molecule has 114 valence electrons. The predicted octanol–water partition coefficient (Wildman–Crippen LogP) is 4.50. The average Bonchev–Trinajstić information content (AvgIpc) is 2.52. The Labute approximate surface area is 136 Å². The van der Waals surface area contributed by atoms with E-state index in [0.717, 1.165) is 16.1 Å². The van der Waals surface area contributed by atoms with Gasteiger partial charge in [-0.2, -0.15) is 0 Å². The zero-order chi connectivity index (χ0) is 16.1. The summed E-state index contributed by atoms with van der Waals surface area (Å²) >= 11 is 3.36. The summed E-state index contributed by atoms with van der Waals surface area (Å²) < 4.78 is 24.5. The molecule has 0 radical (unpaired) electrons. The smallest absolute Gasteiger partial charge is 0.185 e. The van der Waals surface area contributed by atoms with Crippen LogP contribution < -0.4 is 9.47 Å². The lowest BCUT2D eigenvalue weighted by molar-refractivity contribution is 0.104. The van der Waals surface area contributed by atoms with Crippen molar-refractivity contribution < 1.29 is 18.7 Å². The first-order chi connectivity index (χ1) is 10.5. The van der Waals surface area contributed by atoms with Crippen LogP contribution >= 0.6 is 15.9 Å². The Bertz CT molecular complexity index is 726. The first-order valence-corrected chi connectivity index (χ1v) is 7.24. The SMILES string of the molecule is COc1ccc(C(=O)/C=C/c2cc(Br)ccc2OC)cc1F. The molecule has 0 aliphatic heterocycles. The van der Waals surface area contributed by atoms with E-state index in [9.17, 15) is 9.18 Å². The first kappa shape index (κ1) is 16.2. The number of allylic oxidation sites excluding steroid dienone is 1. The summed E-state index contributed by atoms with van der Waals surface area (Å²) in [5.74, 6) is -0.118. The molecule has 2 aromatic carbocycles. The second kappa shape index (κ2) is 7.22. The van der Waals surface area contributed by atoms with Gasteiger partial charge < -0.3 is 9.47 Å². The van der Waals surface area contributed by atoms with E-state index < -0.39 is 5.82 Å². The van der Waals surface area contributed by atoms with Gasteiger partial charge in [0.05, 0.1) is 14.2 Å². The molecule has 0 saturated heterocycles. The third kappa shape index (κ3) is 3.74. The zero-order valence-electron chi connectivity index (χ0n) is 12.1. The van der Waals surface area contributed by atoms with Crippen LogP contribution in [0.5, 0.6) is 11.5 Å². The van der Waals surface area contributed by atoms with Crippen LogP contribution in [0.3, 0.4) is 0 Å². The Kier molecular flexibility index (Phi) is 5.33. The highest BCUT2D eigenvalue weighted by molar-refractivity contribution is 9.10. The van der Waals surface area contributed by atoms with Crippen molar-refractivity contribution in [3.05, 3.63) is 63.9 Å². The molecular formula is C17H14BrFO3. The average molecular weight is 365 g/mol. The van der Waals surface area contributed by atoms with Gasteiger partial charge in [-0.25, -0.2) is 4.39 Å². The maximum absolute atomic E-state index is 13.6.